The number of ether oxygens (including phenoxy) is 2. The van der Waals surface area contributed by atoms with Crippen LogP contribution in [0.4, 0.5) is 0 Å². The van der Waals surface area contributed by atoms with Crippen molar-refractivity contribution < 1.29 is 19.1 Å². The van der Waals surface area contributed by atoms with Crippen LogP contribution >= 0.6 is 0 Å². The lowest BCUT2D eigenvalue weighted by atomic mass is 10.1. The van der Waals surface area contributed by atoms with Crippen LogP contribution in [0.15, 0.2) is 0 Å². The molecule has 0 unspecified atom stereocenters. The number of unbranched alkanes of at least 4 members (excludes halogenated alkanes) is 4. The molecule has 2 atom stereocenters. The first-order valence-electron chi connectivity index (χ1n) is 5.95. The van der Waals surface area contributed by atoms with Crippen LogP contribution in [0, 0.1) is 0 Å². The highest BCUT2D eigenvalue weighted by atomic mass is 16.6. The van der Waals surface area contributed by atoms with E-state index in [2.05, 4.69) is 4.74 Å². The summed E-state index contributed by atoms with van der Waals surface area (Å²) in [6.07, 6.45) is 7.81. The van der Waals surface area contributed by atoms with E-state index in [1.165, 1.54) is 7.11 Å². The van der Waals surface area contributed by atoms with E-state index >= 15 is 0 Å². The van der Waals surface area contributed by atoms with Crippen LogP contribution in [-0.2, 0) is 19.1 Å². The van der Waals surface area contributed by atoms with Crippen molar-refractivity contribution in [3.8, 4) is 0 Å². The molecule has 0 saturated carbocycles. The molecule has 1 aliphatic heterocycles. The van der Waals surface area contributed by atoms with Gasteiger partial charge in [-0.05, 0) is 12.8 Å². The van der Waals surface area contributed by atoms with Crippen LogP contribution in [0.2, 0.25) is 0 Å². The Balaban J connectivity index is 1.78. The van der Waals surface area contributed by atoms with Crippen molar-refractivity contribution in [2.45, 2.75) is 57.2 Å². The van der Waals surface area contributed by atoms with Gasteiger partial charge in [-0.15, -0.1) is 0 Å². The number of rotatable bonds is 9. The number of esters is 1. The van der Waals surface area contributed by atoms with Gasteiger partial charge in [0.1, 0.15) is 6.10 Å². The number of aldehydes is 1. The third-order valence-electron chi connectivity index (χ3n) is 2.85. The summed E-state index contributed by atoms with van der Waals surface area (Å²) in [5.74, 6) is -0.125. The fourth-order valence-electron chi connectivity index (χ4n) is 1.76. The fourth-order valence-corrected chi connectivity index (χ4v) is 1.76. The Bertz CT molecular complexity index is 227. The van der Waals surface area contributed by atoms with Crippen LogP contribution in [-0.4, -0.2) is 31.6 Å². The minimum atomic E-state index is -0.126. The van der Waals surface area contributed by atoms with E-state index in [4.69, 9.17) is 4.74 Å². The van der Waals surface area contributed by atoms with E-state index in [1.807, 2.05) is 0 Å². The van der Waals surface area contributed by atoms with Crippen LogP contribution in [0.5, 0.6) is 0 Å². The first-order chi connectivity index (χ1) is 7.77. The van der Waals surface area contributed by atoms with E-state index in [0.717, 1.165) is 44.8 Å². The minimum absolute atomic E-state index is 0.125. The van der Waals surface area contributed by atoms with Crippen LogP contribution < -0.4 is 0 Å². The lowest BCUT2D eigenvalue weighted by Crippen LogP contribution is -1.99. The molecule has 4 nitrogen and oxygen atoms in total. The molecule has 0 amide bonds. The topological polar surface area (TPSA) is 55.9 Å². The van der Waals surface area contributed by atoms with Gasteiger partial charge in [0.05, 0.1) is 13.2 Å². The lowest BCUT2D eigenvalue weighted by Gasteiger charge is -2.00. The molecule has 0 aromatic carbocycles. The van der Waals surface area contributed by atoms with Gasteiger partial charge in [-0.2, -0.15) is 0 Å². The molecular weight excluding hydrogens is 208 g/mol. The summed E-state index contributed by atoms with van der Waals surface area (Å²) in [4.78, 5) is 21.1. The number of epoxide rings is 1. The molecule has 1 aliphatic rings. The van der Waals surface area contributed by atoms with Crippen molar-refractivity contribution >= 4 is 12.3 Å². The molecule has 16 heavy (non-hydrogen) atoms. The second-order valence-corrected chi connectivity index (χ2v) is 4.16. The first kappa shape index (κ1) is 13.2. The Kier molecular flexibility index (Phi) is 6.08. The Morgan fingerprint density at radius 1 is 1.25 bits per heavy atom. The molecule has 1 fully saturated rings. The fraction of sp³-hybridized carbons (Fsp3) is 0.833. The lowest BCUT2D eigenvalue weighted by molar-refractivity contribution is -0.140. The second kappa shape index (κ2) is 7.39. The van der Waals surface area contributed by atoms with E-state index in [-0.39, 0.29) is 18.2 Å². The number of hydrogen-bond donors (Lipinski definition) is 0. The van der Waals surface area contributed by atoms with Crippen molar-refractivity contribution in [1.29, 1.82) is 0 Å². The Morgan fingerprint density at radius 2 is 1.94 bits per heavy atom. The van der Waals surface area contributed by atoms with E-state index < -0.39 is 0 Å². The average molecular weight is 228 g/mol. The summed E-state index contributed by atoms with van der Waals surface area (Å²) in [6.45, 7) is 0. The summed E-state index contributed by atoms with van der Waals surface area (Å²) in [6, 6.07) is 0. The maximum Gasteiger partial charge on any atom is 0.305 e. The zero-order valence-electron chi connectivity index (χ0n) is 9.81. The van der Waals surface area contributed by atoms with Crippen molar-refractivity contribution in [3.05, 3.63) is 0 Å². The molecule has 0 bridgehead atoms. The van der Waals surface area contributed by atoms with Gasteiger partial charge < -0.3 is 14.3 Å². The largest absolute Gasteiger partial charge is 0.469 e. The first-order valence-corrected chi connectivity index (χ1v) is 5.95. The van der Waals surface area contributed by atoms with Crippen LogP contribution in [0.25, 0.3) is 0 Å². The standard InChI is InChI=1S/C12H20O4/c1-15-12(14)8-6-4-2-3-5-7-10-11(9-13)16-10/h9-11H,2-8H2,1H3/t10-,11-/m0/s1. The Labute approximate surface area is 96.3 Å². The smallest absolute Gasteiger partial charge is 0.305 e. The zero-order chi connectivity index (χ0) is 11.8. The van der Waals surface area contributed by atoms with Gasteiger partial charge in [0.25, 0.3) is 0 Å². The summed E-state index contributed by atoms with van der Waals surface area (Å²) < 4.78 is 9.66. The zero-order valence-corrected chi connectivity index (χ0v) is 9.81. The molecule has 1 rings (SSSR count). The molecule has 1 heterocycles. The van der Waals surface area contributed by atoms with Crippen LogP contribution in [0.3, 0.4) is 0 Å². The van der Waals surface area contributed by atoms with Gasteiger partial charge >= 0.3 is 5.97 Å². The van der Waals surface area contributed by atoms with Crippen molar-refractivity contribution in [2.75, 3.05) is 7.11 Å². The summed E-state index contributed by atoms with van der Waals surface area (Å²) in [5, 5.41) is 0. The molecule has 0 aromatic rings. The van der Waals surface area contributed by atoms with E-state index in [1.54, 1.807) is 0 Å². The third kappa shape index (κ3) is 5.26. The minimum Gasteiger partial charge on any atom is -0.469 e. The van der Waals surface area contributed by atoms with Gasteiger partial charge in [-0.1, -0.05) is 25.7 Å². The highest BCUT2D eigenvalue weighted by Gasteiger charge is 2.37. The molecule has 0 N–H and O–H groups in total. The van der Waals surface area contributed by atoms with Crippen molar-refractivity contribution in [3.63, 3.8) is 0 Å². The molecule has 1 saturated heterocycles. The third-order valence-corrected chi connectivity index (χ3v) is 2.85. The predicted molar refractivity (Wildman–Crippen MR) is 59.1 cm³/mol. The monoisotopic (exact) mass is 228 g/mol. The number of carbonyl (C=O) groups is 2. The van der Waals surface area contributed by atoms with Gasteiger partial charge in [-0.3, -0.25) is 4.79 Å². The molecule has 92 valence electrons. The number of methoxy groups -OCH3 is 1. The summed E-state index contributed by atoms with van der Waals surface area (Å²) >= 11 is 0. The van der Waals surface area contributed by atoms with Gasteiger partial charge in [0, 0.05) is 6.42 Å². The van der Waals surface area contributed by atoms with E-state index in [0.29, 0.717) is 6.42 Å². The highest BCUT2D eigenvalue weighted by molar-refractivity contribution is 5.68. The summed E-state index contributed by atoms with van der Waals surface area (Å²) in [5.41, 5.74) is 0. The summed E-state index contributed by atoms with van der Waals surface area (Å²) in [7, 11) is 1.42. The normalized spacial score (nSPS) is 22.8. The van der Waals surface area contributed by atoms with Crippen molar-refractivity contribution in [1.82, 2.24) is 0 Å². The van der Waals surface area contributed by atoms with Gasteiger partial charge in [0.15, 0.2) is 6.29 Å². The second-order valence-electron chi connectivity index (χ2n) is 4.16. The average Bonchev–Trinajstić information content (AvgIpc) is 3.06. The van der Waals surface area contributed by atoms with Crippen molar-refractivity contribution in [2.24, 2.45) is 0 Å². The quantitative estimate of drug-likeness (QED) is 0.261. The number of carbonyl (C=O) groups excluding carboxylic acids is 2. The van der Waals surface area contributed by atoms with Gasteiger partial charge in [-0.25, -0.2) is 0 Å². The molecule has 0 aliphatic carbocycles. The molecule has 0 spiro atoms. The Hall–Kier alpha value is -0.900. The maximum atomic E-state index is 10.8. The highest BCUT2D eigenvalue weighted by Crippen LogP contribution is 2.25. The van der Waals surface area contributed by atoms with E-state index in [9.17, 15) is 9.59 Å². The van der Waals surface area contributed by atoms with Gasteiger partial charge in [0.2, 0.25) is 0 Å². The number of hydrogen-bond acceptors (Lipinski definition) is 4. The molecule has 0 radical (unpaired) electrons. The SMILES string of the molecule is COC(=O)CCCCCCC[C@@H]1O[C@H]1C=O. The Morgan fingerprint density at radius 3 is 2.56 bits per heavy atom. The predicted octanol–water partition coefficient (Wildman–Crippen LogP) is 1.86. The maximum absolute atomic E-state index is 10.8. The van der Waals surface area contributed by atoms with Crippen LogP contribution in [0.1, 0.15) is 44.9 Å². The molecule has 0 aromatic heterocycles. The molecule has 4 heteroatoms. The molecular formula is C12H20O4.